The summed E-state index contributed by atoms with van der Waals surface area (Å²) in [5.74, 6) is -3.74. The third kappa shape index (κ3) is 2.72. The Bertz CT molecular complexity index is 474. The Morgan fingerprint density at radius 2 is 1.73 bits per heavy atom. The molecule has 0 amide bonds. The van der Waals surface area contributed by atoms with Crippen molar-refractivity contribution in [3.8, 4) is 0 Å². The van der Waals surface area contributed by atoms with E-state index >= 15 is 0 Å². The van der Waals surface area contributed by atoms with Crippen LogP contribution in [0.2, 0.25) is 0 Å². The van der Waals surface area contributed by atoms with Gasteiger partial charge in [-0.3, -0.25) is 9.59 Å². The lowest BCUT2D eigenvalue weighted by Crippen LogP contribution is -2.55. The molecular formula is C15H22O7. The van der Waals surface area contributed by atoms with Crippen LogP contribution >= 0.6 is 0 Å². The van der Waals surface area contributed by atoms with Gasteiger partial charge in [0.2, 0.25) is 0 Å². The van der Waals surface area contributed by atoms with E-state index in [-0.39, 0.29) is 18.8 Å². The van der Waals surface area contributed by atoms with Gasteiger partial charge in [-0.2, -0.15) is 0 Å². The zero-order chi connectivity index (χ0) is 17.1. The molecule has 7 nitrogen and oxygen atoms in total. The Morgan fingerprint density at radius 3 is 2.00 bits per heavy atom. The number of ether oxygens (including phenoxy) is 3. The number of carbonyl (C=O) groups excluding carboxylic acids is 3. The van der Waals surface area contributed by atoms with E-state index < -0.39 is 41.4 Å². The molecule has 7 heteroatoms. The van der Waals surface area contributed by atoms with Crippen molar-refractivity contribution in [3.05, 3.63) is 12.2 Å². The molecule has 1 heterocycles. The predicted octanol–water partition coefficient (Wildman–Crippen LogP) is 0.599. The molecule has 0 aliphatic carbocycles. The zero-order valence-corrected chi connectivity index (χ0v) is 13.3. The fourth-order valence-electron chi connectivity index (χ4n) is 2.85. The fraction of sp³-hybridized carbons (Fsp3) is 0.667. The molecule has 0 aromatic heterocycles. The van der Waals surface area contributed by atoms with Crippen LogP contribution in [0.15, 0.2) is 12.2 Å². The molecule has 22 heavy (non-hydrogen) atoms. The first kappa shape index (κ1) is 18.2. The van der Waals surface area contributed by atoms with Crippen LogP contribution in [0.1, 0.15) is 27.7 Å². The number of hydrogen-bond acceptors (Lipinski definition) is 7. The van der Waals surface area contributed by atoms with Crippen molar-refractivity contribution in [2.24, 2.45) is 11.3 Å². The highest BCUT2D eigenvalue weighted by Crippen LogP contribution is 2.48. The number of aliphatic hydroxyl groups is 1. The molecular weight excluding hydrogens is 292 g/mol. The van der Waals surface area contributed by atoms with Gasteiger partial charge in [0.15, 0.2) is 5.41 Å². The molecule has 1 N–H and O–H groups in total. The predicted molar refractivity (Wildman–Crippen MR) is 75.6 cm³/mol. The summed E-state index contributed by atoms with van der Waals surface area (Å²) in [6.07, 6.45) is 0. The average molecular weight is 314 g/mol. The van der Waals surface area contributed by atoms with Crippen LogP contribution in [0.25, 0.3) is 0 Å². The number of hydrogen-bond donors (Lipinski definition) is 1. The van der Waals surface area contributed by atoms with Gasteiger partial charge in [0.05, 0.1) is 25.7 Å². The molecule has 0 aromatic carbocycles. The summed E-state index contributed by atoms with van der Waals surface area (Å²) in [5.41, 5.74) is -3.37. The van der Waals surface area contributed by atoms with E-state index in [2.05, 4.69) is 6.58 Å². The number of cyclic esters (lactones) is 1. The van der Waals surface area contributed by atoms with Crippen LogP contribution in [0.5, 0.6) is 0 Å². The minimum absolute atomic E-state index is 0.00835. The van der Waals surface area contributed by atoms with Crippen molar-refractivity contribution in [2.75, 3.05) is 19.8 Å². The van der Waals surface area contributed by atoms with Crippen LogP contribution in [0.4, 0.5) is 0 Å². The molecule has 0 saturated carbocycles. The standard InChI is InChI=1S/C15H22O7/c1-6-20-12(18)15(8-16,13(19)21-7-2)10-9(3)11(17)22-14(10,4)5/h10,16H,3,6-8H2,1-2,4-5H3. The largest absolute Gasteiger partial charge is 0.465 e. The molecule has 0 spiro atoms. The van der Waals surface area contributed by atoms with E-state index in [1.165, 1.54) is 13.8 Å². The van der Waals surface area contributed by atoms with E-state index in [0.717, 1.165) is 0 Å². The van der Waals surface area contributed by atoms with Crippen molar-refractivity contribution in [3.63, 3.8) is 0 Å². The Hall–Kier alpha value is -1.89. The fourth-order valence-corrected chi connectivity index (χ4v) is 2.85. The van der Waals surface area contributed by atoms with Gasteiger partial charge in [-0.25, -0.2) is 4.79 Å². The van der Waals surface area contributed by atoms with Gasteiger partial charge >= 0.3 is 17.9 Å². The van der Waals surface area contributed by atoms with Crippen LogP contribution in [-0.2, 0) is 28.6 Å². The van der Waals surface area contributed by atoms with Gasteiger partial charge in [-0.15, -0.1) is 0 Å². The summed E-state index contributed by atoms with van der Waals surface area (Å²) in [6, 6.07) is 0. The summed E-state index contributed by atoms with van der Waals surface area (Å²) in [6.45, 7) is 8.96. The molecule has 1 unspecified atom stereocenters. The lowest BCUT2D eigenvalue weighted by Gasteiger charge is -2.37. The maximum atomic E-state index is 12.4. The Morgan fingerprint density at radius 1 is 1.27 bits per heavy atom. The number of carbonyl (C=O) groups is 3. The second-order valence-corrected chi connectivity index (χ2v) is 5.52. The smallest absolute Gasteiger partial charge is 0.334 e. The van der Waals surface area contributed by atoms with E-state index in [1.54, 1.807) is 13.8 Å². The molecule has 1 aliphatic rings. The van der Waals surface area contributed by atoms with Crippen molar-refractivity contribution in [1.29, 1.82) is 0 Å². The second kappa shape index (κ2) is 6.48. The minimum Gasteiger partial charge on any atom is -0.465 e. The highest BCUT2D eigenvalue weighted by molar-refractivity contribution is 6.04. The molecule has 0 radical (unpaired) electrons. The number of aliphatic hydroxyl groups excluding tert-OH is 1. The van der Waals surface area contributed by atoms with Crippen LogP contribution in [0.3, 0.4) is 0 Å². The first-order valence-electron chi connectivity index (χ1n) is 7.06. The summed E-state index contributed by atoms with van der Waals surface area (Å²) >= 11 is 0. The van der Waals surface area contributed by atoms with Crippen LogP contribution in [0, 0.1) is 11.3 Å². The van der Waals surface area contributed by atoms with Crippen molar-refractivity contribution < 1.29 is 33.7 Å². The Balaban J connectivity index is 3.48. The van der Waals surface area contributed by atoms with Crippen LogP contribution in [-0.4, -0.2) is 48.4 Å². The third-order valence-corrected chi connectivity index (χ3v) is 3.68. The van der Waals surface area contributed by atoms with Gasteiger partial charge in [-0.1, -0.05) is 6.58 Å². The number of esters is 3. The van der Waals surface area contributed by atoms with E-state index in [4.69, 9.17) is 14.2 Å². The molecule has 1 saturated heterocycles. The Kier molecular flexibility index (Phi) is 5.35. The average Bonchev–Trinajstić information content (AvgIpc) is 2.63. The molecule has 1 fully saturated rings. The monoisotopic (exact) mass is 314 g/mol. The van der Waals surface area contributed by atoms with Crippen molar-refractivity contribution >= 4 is 17.9 Å². The van der Waals surface area contributed by atoms with Crippen molar-refractivity contribution in [2.45, 2.75) is 33.3 Å². The molecule has 124 valence electrons. The normalized spacial score (nSPS) is 20.5. The first-order valence-corrected chi connectivity index (χ1v) is 7.06. The topological polar surface area (TPSA) is 99.1 Å². The Labute approximate surface area is 129 Å². The summed E-state index contributed by atoms with van der Waals surface area (Å²) in [7, 11) is 0. The van der Waals surface area contributed by atoms with Crippen molar-refractivity contribution in [1.82, 2.24) is 0 Å². The highest BCUT2D eigenvalue weighted by atomic mass is 16.6. The lowest BCUT2D eigenvalue weighted by atomic mass is 9.66. The van der Waals surface area contributed by atoms with E-state index in [1.807, 2.05) is 0 Å². The summed E-state index contributed by atoms with van der Waals surface area (Å²) < 4.78 is 15.1. The van der Waals surface area contributed by atoms with Crippen LogP contribution < -0.4 is 0 Å². The van der Waals surface area contributed by atoms with E-state index in [9.17, 15) is 19.5 Å². The third-order valence-electron chi connectivity index (χ3n) is 3.68. The maximum absolute atomic E-state index is 12.4. The second-order valence-electron chi connectivity index (χ2n) is 5.52. The molecule has 1 aliphatic heterocycles. The van der Waals surface area contributed by atoms with Gasteiger partial charge < -0.3 is 19.3 Å². The quantitative estimate of drug-likeness (QED) is 0.332. The van der Waals surface area contributed by atoms with Gasteiger partial charge in [0.25, 0.3) is 0 Å². The molecule has 1 atom stereocenters. The number of rotatable bonds is 6. The van der Waals surface area contributed by atoms with Gasteiger partial charge in [0.1, 0.15) is 5.60 Å². The minimum atomic E-state index is -2.08. The molecule has 0 aromatic rings. The summed E-state index contributed by atoms with van der Waals surface area (Å²) in [4.78, 5) is 36.7. The SMILES string of the molecule is C=C1C(=O)OC(C)(C)C1C(CO)(C(=O)OCC)C(=O)OCC. The molecule has 0 bridgehead atoms. The summed E-state index contributed by atoms with van der Waals surface area (Å²) in [5, 5.41) is 9.86. The van der Waals surface area contributed by atoms with E-state index in [0.29, 0.717) is 0 Å². The molecule has 1 rings (SSSR count). The highest BCUT2D eigenvalue weighted by Gasteiger charge is 2.65. The first-order chi connectivity index (χ1) is 10.2. The lowest BCUT2D eigenvalue weighted by molar-refractivity contribution is -0.185. The maximum Gasteiger partial charge on any atom is 0.334 e. The van der Waals surface area contributed by atoms with Gasteiger partial charge in [0, 0.05) is 5.57 Å². The van der Waals surface area contributed by atoms with Gasteiger partial charge in [-0.05, 0) is 27.7 Å². The zero-order valence-electron chi connectivity index (χ0n) is 13.3.